The quantitative estimate of drug-likeness (QED) is 0.820. The number of nitrogens with one attached hydrogen (secondary N) is 1. The number of carbonyl (C=O) groups excluding carboxylic acids is 2. The van der Waals surface area contributed by atoms with Crippen molar-refractivity contribution in [3.8, 4) is 0 Å². The second kappa shape index (κ2) is 7.02. The topological polar surface area (TPSA) is 68.3 Å². The Kier molecular flexibility index (Phi) is 5.33. The van der Waals surface area contributed by atoms with Gasteiger partial charge in [0, 0.05) is 10.8 Å². The Labute approximate surface area is 129 Å². The number of hydrogen-bond donors (Lipinski definition) is 1. The number of nitrogens with zero attached hydrogens (tertiary/aromatic N) is 1. The SMILES string of the molecule is CCOC(=O)Cc1csc(NC(=O)C2(CC)CCCC2)n1. The van der Waals surface area contributed by atoms with E-state index in [0.29, 0.717) is 17.4 Å². The Morgan fingerprint density at radius 2 is 2.10 bits per heavy atom. The monoisotopic (exact) mass is 310 g/mol. The molecule has 1 aromatic rings. The smallest absolute Gasteiger partial charge is 0.311 e. The molecule has 1 amide bonds. The molecule has 0 bridgehead atoms. The summed E-state index contributed by atoms with van der Waals surface area (Å²) in [6.07, 6.45) is 5.16. The first-order valence-corrected chi connectivity index (χ1v) is 8.39. The number of hydrogen-bond acceptors (Lipinski definition) is 5. The fourth-order valence-electron chi connectivity index (χ4n) is 2.83. The van der Waals surface area contributed by atoms with Gasteiger partial charge in [-0.1, -0.05) is 19.8 Å². The first-order valence-electron chi connectivity index (χ1n) is 7.51. The van der Waals surface area contributed by atoms with Gasteiger partial charge in [-0.25, -0.2) is 4.98 Å². The van der Waals surface area contributed by atoms with Gasteiger partial charge in [0.1, 0.15) is 0 Å². The highest BCUT2D eigenvalue weighted by Crippen LogP contribution is 2.41. The minimum atomic E-state index is -0.290. The molecule has 116 valence electrons. The number of ether oxygens (including phenoxy) is 1. The average Bonchev–Trinajstić information content (AvgIpc) is 3.09. The van der Waals surface area contributed by atoms with E-state index >= 15 is 0 Å². The van der Waals surface area contributed by atoms with E-state index in [0.717, 1.165) is 32.1 Å². The third kappa shape index (κ3) is 3.81. The summed E-state index contributed by atoms with van der Waals surface area (Å²) in [5, 5.41) is 5.28. The fourth-order valence-corrected chi connectivity index (χ4v) is 3.53. The van der Waals surface area contributed by atoms with Crippen LogP contribution in [0.2, 0.25) is 0 Å². The highest BCUT2D eigenvalue weighted by Gasteiger charge is 2.39. The van der Waals surface area contributed by atoms with Crippen molar-refractivity contribution in [1.29, 1.82) is 0 Å². The largest absolute Gasteiger partial charge is 0.466 e. The summed E-state index contributed by atoms with van der Waals surface area (Å²) in [7, 11) is 0. The van der Waals surface area contributed by atoms with Gasteiger partial charge in [0.25, 0.3) is 0 Å². The summed E-state index contributed by atoms with van der Waals surface area (Å²) < 4.78 is 4.89. The average molecular weight is 310 g/mol. The molecule has 5 nitrogen and oxygen atoms in total. The van der Waals surface area contributed by atoms with Crippen LogP contribution < -0.4 is 5.32 Å². The van der Waals surface area contributed by atoms with Gasteiger partial charge in [-0.2, -0.15) is 0 Å². The molecule has 1 saturated carbocycles. The number of rotatable bonds is 6. The fraction of sp³-hybridized carbons (Fsp3) is 0.667. The molecular formula is C15H22N2O3S. The van der Waals surface area contributed by atoms with Crippen LogP contribution in [0.15, 0.2) is 5.38 Å². The lowest BCUT2D eigenvalue weighted by molar-refractivity contribution is -0.142. The molecule has 0 atom stereocenters. The van der Waals surface area contributed by atoms with Crippen LogP contribution in [0.25, 0.3) is 0 Å². The maximum absolute atomic E-state index is 12.5. The van der Waals surface area contributed by atoms with Crippen LogP contribution in [0, 0.1) is 5.41 Å². The summed E-state index contributed by atoms with van der Waals surface area (Å²) in [4.78, 5) is 28.2. The summed E-state index contributed by atoms with van der Waals surface area (Å²) >= 11 is 1.36. The van der Waals surface area contributed by atoms with Crippen LogP contribution in [0.1, 0.15) is 51.6 Å². The van der Waals surface area contributed by atoms with Crippen LogP contribution in [0.3, 0.4) is 0 Å². The van der Waals surface area contributed by atoms with Crippen LogP contribution >= 0.6 is 11.3 Å². The molecule has 1 N–H and O–H groups in total. The first-order chi connectivity index (χ1) is 10.1. The molecule has 2 rings (SSSR count). The molecule has 1 heterocycles. The second-order valence-corrected chi connectivity index (χ2v) is 6.28. The predicted octanol–water partition coefficient (Wildman–Crippen LogP) is 3.16. The maximum Gasteiger partial charge on any atom is 0.311 e. The van der Waals surface area contributed by atoms with Crippen LogP contribution in [-0.4, -0.2) is 23.5 Å². The van der Waals surface area contributed by atoms with Gasteiger partial charge in [-0.3, -0.25) is 9.59 Å². The Morgan fingerprint density at radius 1 is 1.38 bits per heavy atom. The third-order valence-electron chi connectivity index (χ3n) is 4.12. The van der Waals surface area contributed by atoms with Crippen molar-refractivity contribution in [3.63, 3.8) is 0 Å². The van der Waals surface area contributed by atoms with E-state index in [2.05, 4.69) is 17.2 Å². The molecule has 1 aliphatic rings. The van der Waals surface area contributed by atoms with Crippen LogP contribution in [0.4, 0.5) is 5.13 Å². The number of thiazole rings is 1. The lowest BCUT2D eigenvalue weighted by atomic mass is 9.82. The molecule has 0 saturated heterocycles. The zero-order chi connectivity index (χ0) is 15.3. The van der Waals surface area contributed by atoms with Gasteiger partial charge < -0.3 is 10.1 Å². The van der Waals surface area contributed by atoms with Crippen molar-refractivity contribution in [2.45, 2.75) is 52.4 Å². The summed E-state index contributed by atoms with van der Waals surface area (Å²) in [5.74, 6) is -0.221. The van der Waals surface area contributed by atoms with Gasteiger partial charge in [0.05, 0.1) is 18.7 Å². The van der Waals surface area contributed by atoms with E-state index in [1.807, 2.05) is 0 Å². The highest BCUT2D eigenvalue weighted by molar-refractivity contribution is 7.13. The van der Waals surface area contributed by atoms with E-state index in [4.69, 9.17) is 4.74 Å². The Bertz CT molecular complexity index is 507. The first kappa shape index (κ1) is 15.9. The molecule has 0 aliphatic heterocycles. The number of esters is 1. The summed E-state index contributed by atoms with van der Waals surface area (Å²) in [5.41, 5.74) is 0.415. The Balaban J connectivity index is 1.95. The lowest BCUT2D eigenvalue weighted by Crippen LogP contribution is -2.33. The number of aromatic nitrogens is 1. The third-order valence-corrected chi connectivity index (χ3v) is 4.93. The standard InChI is InChI=1S/C15H22N2O3S/c1-3-15(7-5-6-8-15)13(19)17-14-16-11(10-21-14)9-12(18)20-4-2/h10H,3-9H2,1-2H3,(H,16,17,19). The van der Waals surface area contributed by atoms with E-state index in [1.54, 1.807) is 12.3 Å². The molecule has 0 radical (unpaired) electrons. The van der Waals surface area contributed by atoms with Crippen molar-refractivity contribution in [1.82, 2.24) is 4.98 Å². The molecule has 0 unspecified atom stereocenters. The number of amides is 1. The van der Waals surface area contributed by atoms with Crippen molar-refractivity contribution >= 4 is 28.3 Å². The van der Waals surface area contributed by atoms with E-state index in [1.165, 1.54) is 11.3 Å². The van der Waals surface area contributed by atoms with Crippen molar-refractivity contribution in [3.05, 3.63) is 11.1 Å². The minimum Gasteiger partial charge on any atom is -0.466 e. The number of anilines is 1. The van der Waals surface area contributed by atoms with Gasteiger partial charge in [-0.05, 0) is 26.2 Å². The Morgan fingerprint density at radius 3 is 2.71 bits per heavy atom. The van der Waals surface area contributed by atoms with Crippen LogP contribution in [-0.2, 0) is 20.7 Å². The van der Waals surface area contributed by atoms with Gasteiger partial charge in [0.2, 0.25) is 5.91 Å². The van der Waals surface area contributed by atoms with Gasteiger partial charge in [-0.15, -0.1) is 11.3 Å². The maximum atomic E-state index is 12.5. The van der Waals surface area contributed by atoms with Crippen molar-refractivity contribution in [2.75, 3.05) is 11.9 Å². The number of carbonyl (C=O) groups is 2. The Hall–Kier alpha value is -1.43. The molecule has 6 heteroatoms. The molecule has 1 fully saturated rings. The van der Waals surface area contributed by atoms with Crippen molar-refractivity contribution in [2.24, 2.45) is 5.41 Å². The molecular weight excluding hydrogens is 288 g/mol. The normalized spacial score (nSPS) is 16.7. The molecule has 21 heavy (non-hydrogen) atoms. The molecule has 1 aliphatic carbocycles. The van der Waals surface area contributed by atoms with E-state index < -0.39 is 0 Å². The van der Waals surface area contributed by atoms with E-state index in [9.17, 15) is 9.59 Å². The predicted molar refractivity (Wildman–Crippen MR) is 82.3 cm³/mol. The zero-order valence-corrected chi connectivity index (χ0v) is 13.4. The van der Waals surface area contributed by atoms with Crippen molar-refractivity contribution < 1.29 is 14.3 Å². The summed E-state index contributed by atoms with van der Waals surface area (Å²) in [6.45, 7) is 4.21. The highest BCUT2D eigenvalue weighted by atomic mass is 32.1. The second-order valence-electron chi connectivity index (χ2n) is 5.42. The minimum absolute atomic E-state index is 0.0690. The van der Waals surface area contributed by atoms with Crippen LogP contribution in [0.5, 0.6) is 0 Å². The molecule has 0 spiro atoms. The zero-order valence-electron chi connectivity index (χ0n) is 12.6. The molecule has 1 aromatic heterocycles. The van der Waals surface area contributed by atoms with E-state index in [-0.39, 0.29) is 23.7 Å². The van der Waals surface area contributed by atoms with Gasteiger partial charge >= 0.3 is 5.97 Å². The molecule has 0 aromatic carbocycles. The lowest BCUT2D eigenvalue weighted by Gasteiger charge is -2.25. The summed E-state index contributed by atoms with van der Waals surface area (Å²) in [6, 6.07) is 0. The van der Waals surface area contributed by atoms with Gasteiger partial charge in [0.15, 0.2) is 5.13 Å².